The van der Waals surface area contributed by atoms with Gasteiger partial charge in [-0.1, -0.05) is 29.8 Å². The maximum absolute atomic E-state index is 12.0. The third-order valence-corrected chi connectivity index (χ3v) is 3.07. The Morgan fingerprint density at radius 2 is 1.85 bits per heavy atom. The number of aryl methyl sites for hydroxylation is 1. The molecule has 1 N–H and O–H groups in total. The predicted molar refractivity (Wildman–Crippen MR) is 73.8 cm³/mol. The highest BCUT2D eigenvalue weighted by Crippen LogP contribution is 2.16. The van der Waals surface area contributed by atoms with Gasteiger partial charge in [0, 0.05) is 6.61 Å². The Hall–Kier alpha value is -1.07. The van der Waals surface area contributed by atoms with E-state index in [9.17, 15) is 13.2 Å². The first-order valence-corrected chi connectivity index (χ1v) is 6.75. The first-order chi connectivity index (χ1) is 9.40. The lowest BCUT2D eigenvalue weighted by atomic mass is 9.96. The van der Waals surface area contributed by atoms with Crippen LogP contribution in [0.25, 0.3) is 0 Å². The van der Waals surface area contributed by atoms with Gasteiger partial charge in [-0.05, 0) is 44.8 Å². The van der Waals surface area contributed by atoms with Gasteiger partial charge >= 0.3 is 6.18 Å². The monoisotopic (exact) mass is 289 g/mol. The molecular formula is C15H22F3NO. The van der Waals surface area contributed by atoms with Gasteiger partial charge in [-0.25, -0.2) is 0 Å². The van der Waals surface area contributed by atoms with Crippen molar-refractivity contribution < 1.29 is 17.9 Å². The summed E-state index contributed by atoms with van der Waals surface area (Å²) in [5, 5.41) is 3.08. The van der Waals surface area contributed by atoms with Crippen LogP contribution < -0.4 is 5.32 Å². The number of hydrogen-bond acceptors (Lipinski definition) is 2. The summed E-state index contributed by atoms with van der Waals surface area (Å²) in [5.41, 5.74) is 2.40. The molecule has 0 bridgehead atoms. The number of rotatable bonds is 8. The van der Waals surface area contributed by atoms with E-state index in [1.807, 2.05) is 26.1 Å². The number of hydrogen-bond donors (Lipinski definition) is 1. The highest BCUT2D eigenvalue weighted by atomic mass is 19.4. The summed E-state index contributed by atoms with van der Waals surface area (Å²) in [6, 6.07) is 8.22. The minimum Gasteiger partial charge on any atom is -0.372 e. The molecule has 1 atom stereocenters. The van der Waals surface area contributed by atoms with Crippen LogP contribution in [0, 0.1) is 12.8 Å². The molecule has 114 valence electrons. The van der Waals surface area contributed by atoms with E-state index < -0.39 is 12.8 Å². The molecule has 0 aliphatic heterocycles. The first kappa shape index (κ1) is 17.0. The molecule has 1 aromatic carbocycles. The standard InChI is InChI=1S/C15H22F3NO/c1-12-3-5-13(6-4-12)9-14(10-19-2)7-8-20-11-15(16,17)18/h3-6,14,19H,7-11H2,1-2H3. The topological polar surface area (TPSA) is 21.3 Å². The van der Waals surface area contributed by atoms with Crippen LogP contribution in [0.3, 0.4) is 0 Å². The highest BCUT2D eigenvalue weighted by molar-refractivity contribution is 5.21. The van der Waals surface area contributed by atoms with E-state index >= 15 is 0 Å². The van der Waals surface area contributed by atoms with Crippen LogP contribution in [0.2, 0.25) is 0 Å². The molecular weight excluding hydrogens is 267 g/mol. The maximum Gasteiger partial charge on any atom is 0.411 e. The second-order valence-electron chi connectivity index (χ2n) is 5.07. The summed E-state index contributed by atoms with van der Waals surface area (Å²) in [7, 11) is 1.85. The lowest BCUT2D eigenvalue weighted by Crippen LogP contribution is -2.24. The molecule has 0 heterocycles. The predicted octanol–water partition coefficient (Wildman–Crippen LogP) is 3.34. The van der Waals surface area contributed by atoms with Crippen LogP contribution in [0.1, 0.15) is 17.5 Å². The van der Waals surface area contributed by atoms with Crippen molar-refractivity contribution >= 4 is 0 Å². The third kappa shape index (κ3) is 7.50. The van der Waals surface area contributed by atoms with Crippen molar-refractivity contribution in [1.82, 2.24) is 5.32 Å². The minimum absolute atomic E-state index is 0.137. The van der Waals surface area contributed by atoms with Crippen LogP contribution in [0.5, 0.6) is 0 Å². The molecule has 0 spiro atoms. The SMILES string of the molecule is CNCC(CCOCC(F)(F)F)Cc1ccc(C)cc1. The molecule has 20 heavy (non-hydrogen) atoms. The highest BCUT2D eigenvalue weighted by Gasteiger charge is 2.27. The number of nitrogens with one attached hydrogen (secondary N) is 1. The fourth-order valence-electron chi connectivity index (χ4n) is 2.06. The zero-order chi connectivity index (χ0) is 15.0. The van der Waals surface area contributed by atoms with Crippen molar-refractivity contribution in [3.05, 3.63) is 35.4 Å². The summed E-state index contributed by atoms with van der Waals surface area (Å²) in [6.07, 6.45) is -2.78. The van der Waals surface area contributed by atoms with Crippen molar-refractivity contribution in [2.24, 2.45) is 5.92 Å². The summed E-state index contributed by atoms with van der Waals surface area (Å²) >= 11 is 0. The van der Waals surface area contributed by atoms with E-state index in [2.05, 4.69) is 22.2 Å². The average molecular weight is 289 g/mol. The smallest absolute Gasteiger partial charge is 0.372 e. The van der Waals surface area contributed by atoms with E-state index in [-0.39, 0.29) is 12.5 Å². The van der Waals surface area contributed by atoms with Gasteiger partial charge in [0.2, 0.25) is 0 Å². The third-order valence-electron chi connectivity index (χ3n) is 3.07. The van der Waals surface area contributed by atoms with Gasteiger partial charge in [0.05, 0.1) is 0 Å². The molecule has 2 nitrogen and oxygen atoms in total. The Kier molecular flexibility index (Phi) is 7.02. The normalized spacial score (nSPS) is 13.4. The molecule has 1 rings (SSSR count). The van der Waals surface area contributed by atoms with Gasteiger partial charge in [0.25, 0.3) is 0 Å². The lowest BCUT2D eigenvalue weighted by Gasteiger charge is -2.17. The average Bonchev–Trinajstić information content (AvgIpc) is 2.36. The molecule has 0 aliphatic rings. The van der Waals surface area contributed by atoms with Crippen molar-refractivity contribution in [2.45, 2.75) is 25.9 Å². The second-order valence-corrected chi connectivity index (χ2v) is 5.07. The molecule has 0 radical (unpaired) electrons. The summed E-state index contributed by atoms with van der Waals surface area (Å²) in [5.74, 6) is 0.274. The number of ether oxygens (including phenoxy) is 1. The van der Waals surface area contributed by atoms with Gasteiger partial charge in [-0.3, -0.25) is 0 Å². The van der Waals surface area contributed by atoms with Gasteiger partial charge in [0.1, 0.15) is 6.61 Å². The Balaban J connectivity index is 2.38. The summed E-state index contributed by atoms with van der Waals surface area (Å²) < 4.78 is 40.6. The van der Waals surface area contributed by atoms with Crippen LogP contribution in [-0.2, 0) is 11.2 Å². The first-order valence-electron chi connectivity index (χ1n) is 6.75. The van der Waals surface area contributed by atoms with Gasteiger partial charge < -0.3 is 10.1 Å². The van der Waals surface area contributed by atoms with E-state index in [4.69, 9.17) is 0 Å². The number of halogens is 3. The summed E-state index contributed by atoms with van der Waals surface area (Å²) in [4.78, 5) is 0. The fraction of sp³-hybridized carbons (Fsp3) is 0.600. The van der Waals surface area contributed by atoms with E-state index in [0.29, 0.717) is 6.42 Å². The molecule has 0 fully saturated rings. The quantitative estimate of drug-likeness (QED) is 0.741. The molecule has 1 aromatic rings. The lowest BCUT2D eigenvalue weighted by molar-refractivity contribution is -0.174. The molecule has 0 saturated heterocycles. The zero-order valence-corrected chi connectivity index (χ0v) is 12.0. The second kappa shape index (κ2) is 8.27. The van der Waals surface area contributed by atoms with E-state index in [0.717, 1.165) is 13.0 Å². The Morgan fingerprint density at radius 3 is 2.40 bits per heavy atom. The molecule has 0 aromatic heterocycles. The van der Waals surface area contributed by atoms with Gasteiger partial charge in [-0.15, -0.1) is 0 Å². The van der Waals surface area contributed by atoms with Crippen LogP contribution in [0.4, 0.5) is 13.2 Å². The van der Waals surface area contributed by atoms with E-state index in [1.54, 1.807) is 0 Å². The Labute approximate surface area is 118 Å². The zero-order valence-electron chi connectivity index (χ0n) is 12.0. The molecule has 1 unspecified atom stereocenters. The Bertz CT molecular complexity index is 376. The van der Waals surface area contributed by atoms with Crippen molar-refractivity contribution in [2.75, 3.05) is 26.8 Å². The molecule has 0 saturated carbocycles. The van der Waals surface area contributed by atoms with Crippen LogP contribution in [-0.4, -0.2) is 33.0 Å². The molecule has 0 amide bonds. The number of benzene rings is 1. The van der Waals surface area contributed by atoms with Crippen LogP contribution >= 0.6 is 0 Å². The Morgan fingerprint density at radius 1 is 1.20 bits per heavy atom. The van der Waals surface area contributed by atoms with Gasteiger partial charge in [0.15, 0.2) is 0 Å². The van der Waals surface area contributed by atoms with Crippen LogP contribution in [0.15, 0.2) is 24.3 Å². The maximum atomic E-state index is 12.0. The summed E-state index contributed by atoms with van der Waals surface area (Å²) in [6.45, 7) is 1.77. The largest absolute Gasteiger partial charge is 0.411 e. The molecule has 0 aliphatic carbocycles. The van der Waals surface area contributed by atoms with E-state index in [1.165, 1.54) is 11.1 Å². The van der Waals surface area contributed by atoms with Crippen molar-refractivity contribution in [3.63, 3.8) is 0 Å². The van der Waals surface area contributed by atoms with Crippen molar-refractivity contribution in [3.8, 4) is 0 Å². The van der Waals surface area contributed by atoms with Gasteiger partial charge in [-0.2, -0.15) is 13.2 Å². The van der Waals surface area contributed by atoms with Crippen molar-refractivity contribution in [1.29, 1.82) is 0 Å². The fourth-order valence-corrected chi connectivity index (χ4v) is 2.06. The molecule has 5 heteroatoms. The minimum atomic E-state index is -4.24. The number of alkyl halides is 3.